The minimum atomic E-state index is 0.270. The van der Waals surface area contributed by atoms with Crippen molar-refractivity contribution in [3.05, 3.63) is 70.3 Å². The maximum atomic E-state index is 12.1. The van der Waals surface area contributed by atoms with Crippen molar-refractivity contribution in [3.8, 4) is 0 Å². The lowest BCUT2D eigenvalue weighted by atomic mass is 9.99. The van der Waals surface area contributed by atoms with Gasteiger partial charge in [-0.25, -0.2) is 0 Å². The Morgan fingerprint density at radius 2 is 1.37 bits per heavy atom. The molecule has 0 aliphatic rings. The Kier molecular flexibility index (Phi) is 4.16. The lowest BCUT2D eigenvalue weighted by Crippen LogP contribution is -2.06. The number of Topliss-reactive ketones (excluding diaryl/α,β-unsaturated/α-hetero) is 1. The highest BCUT2D eigenvalue weighted by Crippen LogP contribution is 2.12. The molecule has 1 heteroatoms. The first kappa shape index (κ1) is 13.5. The van der Waals surface area contributed by atoms with Gasteiger partial charge in [0.1, 0.15) is 5.78 Å². The minimum Gasteiger partial charge on any atom is -0.299 e. The van der Waals surface area contributed by atoms with Crippen LogP contribution in [0.15, 0.2) is 42.5 Å². The van der Waals surface area contributed by atoms with Crippen molar-refractivity contribution < 1.29 is 4.79 Å². The highest BCUT2D eigenvalue weighted by Gasteiger charge is 2.06. The molecule has 0 atom stereocenters. The van der Waals surface area contributed by atoms with E-state index in [1.807, 2.05) is 12.1 Å². The Labute approximate surface area is 115 Å². The topological polar surface area (TPSA) is 17.1 Å². The standard InChI is InChI=1S/C18H20O/c1-13-4-7-16(8-5-13)11-18(19)12-17-9-6-14(2)15(3)10-17/h4-10H,11-12H2,1-3H3. The van der Waals surface area contributed by atoms with Gasteiger partial charge in [-0.3, -0.25) is 4.79 Å². The molecule has 1 nitrogen and oxygen atoms in total. The number of aryl methyl sites for hydroxylation is 3. The van der Waals surface area contributed by atoms with Crippen molar-refractivity contribution in [2.75, 3.05) is 0 Å². The zero-order valence-electron chi connectivity index (χ0n) is 11.9. The van der Waals surface area contributed by atoms with Gasteiger partial charge in [0.05, 0.1) is 0 Å². The van der Waals surface area contributed by atoms with E-state index in [4.69, 9.17) is 0 Å². The first-order chi connectivity index (χ1) is 9.04. The molecule has 19 heavy (non-hydrogen) atoms. The molecule has 98 valence electrons. The second-order valence-corrected chi connectivity index (χ2v) is 5.30. The molecule has 0 aliphatic carbocycles. The summed E-state index contributed by atoms with van der Waals surface area (Å²) in [7, 11) is 0. The number of benzene rings is 2. The van der Waals surface area contributed by atoms with Crippen molar-refractivity contribution in [2.45, 2.75) is 33.6 Å². The highest BCUT2D eigenvalue weighted by molar-refractivity contribution is 5.83. The van der Waals surface area contributed by atoms with Crippen LogP contribution in [0.1, 0.15) is 27.8 Å². The van der Waals surface area contributed by atoms with E-state index in [2.05, 4.69) is 51.1 Å². The highest BCUT2D eigenvalue weighted by atomic mass is 16.1. The SMILES string of the molecule is Cc1ccc(CC(=O)Cc2ccc(C)c(C)c2)cc1. The van der Waals surface area contributed by atoms with Gasteiger partial charge in [0, 0.05) is 12.8 Å². The maximum absolute atomic E-state index is 12.1. The van der Waals surface area contributed by atoms with Gasteiger partial charge in [-0.05, 0) is 43.0 Å². The van der Waals surface area contributed by atoms with Gasteiger partial charge in [-0.15, -0.1) is 0 Å². The minimum absolute atomic E-state index is 0.270. The fraction of sp³-hybridized carbons (Fsp3) is 0.278. The third kappa shape index (κ3) is 3.78. The molecule has 0 amide bonds. The van der Waals surface area contributed by atoms with Gasteiger partial charge in [0.2, 0.25) is 0 Å². The van der Waals surface area contributed by atoms with Crippen LogP contribution in [0, 0.1) is 20.8 Å². The van der Waals surface area contributed by atoms with E-state index in [0.29, 0.717) is 12.8 Å². The summed E-state index contributed by atoms with van der Waals surface area (Å²) in [5.41, 5.74) is 5.96. The molecule has 0 radical (unpaired) electrons. The zero-order valence-corrected chi connectivity index (χ0v) is 11.9. The molecule has 2 aromatic rings. The summed E-state index contributed by atoms with van der Waals surface area (Å²) in [6.07, 6.45) is 1.04. The van der Waals surface area contributed by atoms with E-state index in [9.17, 15) is 4.79 Å². The average Bonchev–Trinajstić information content (AvgIpc) is 2.37. The molecule has 2 rings (SSSR count). The molecule has 0 heterocycles. The Morgan fingerprint density at radius 3 is 2.00 bits per heavy atom. The number of hydrogen-bond donors (Lipinski definition) is 0. The molecule has 0 aromatic heterocycles. The van der Waals surface area contributed by atoms with Crippen molar-refractivity contribution in [2.24, 2.45) is 0 Å². The van der Waals surface area contributed by atoms with Gasteiger partial charge in [0.25, 0.3) is 0 Å². The third-order valence-electron chi connectivity index (χ3n) is 3.49. The zero-order chi connectivity index (χ0) is 13.8. The normalized spacial score (nSPS) is 10.5. The Bertz CT molecular complexity index is 579. The van der Waals surface area contributed by atoms with E-state index < -0.39 is 0 Å². The summed E-state index contributed by atoms with van der Waals surface area (Å²) >= 11 is 0. The Hall–Kier alpha value is -1.89. The second kappa shape index (κ2) is 5.83. The number of carbonyl (C=O) groups is 1. The van der Waals surface area contributed by atoms with Crippen LogP contribution in [0.4, 0.5) is 0 Å². The van der Waals surface area contributed by atoms with Crippen LogP contribution >= 0.6 is 0 Å². The largest absolute Gasteiger partial charge is 0.299 e. The van der Waals surface area contributed by atoms with Crippen molar-refractivity contribution in [1.82, 2.24) is 0 Å². The molecule has 0 aliphatic heterocycles. The lowest BCUT2D eigenvalue weighted by Gasteiger charge is -2.05. The second-order valence-electron chi connectivity index (χ2n) is 5.30. The summed E-state index contributed by atoms with van der Waals surface area (Å²) in [4.78, 5) is 12.1. The van der Waals surface area contributed by atoms with Gasteiger partial charge >= 0.3 is 0 Å². The van der Waals surface area contributed by atoms with Crippen LogP contribution in [0.25, 0.3) is 0 Å². The fourth-order valence-electron chi connectivity index (χ4n) is 2.14. The van der Waals surface area contributed by atoms with Gasteiger partial charge in [-0.2, -0.15) is 0 Å². The van der Waals surface area contributed by atoms with Gasteiger partial charge in [-0.1, -0.05) is 48.0 Å². The van der Waals surface area contributed by atoms with Crippen molar-refractivity contribution >= 4 is 5.78 Å². The molecule has 0 saturated carbocycles. The molecule has 0 N–H and O–H groups in total. The van der Waals surface area contributed by atoms with Crippen molar-refractivity contribution in [1.29, 1.82) is 0 Å². The summed E-state index contributed by atoms with van der Waals surface area (Å²) in [6.45, 7) is 6.23. The van der Waals surface area contributed by atoms with Crippen LogP contribution in [0.3, 0.4) is 0 Å². The smallest absolute Gasteiger partial charge is 0.141 e. The van der Waals surface area contributed by atoms with Crippen LogP contribution in [0.2, 0.25) is 0 Å². The number of carbonyl (C=O) groups excluding carboxylic acids is 1. The predicted molar refractivity (Wildman–Crippen MR) is 79.5 cm³/mol. The maximum Gasteiger partial charge on any atom is 0.141 e. The van der Waals surface area contributed by atoms with Gasteiger partial charge < -0.3 is 0 Å². The molecule has 2 aromatic carbocycles. The Morgan fingerprint density at radius 1 is 0.789 bits per heavy atom. The monoisotopic (exact) mass is 252 g/mol. The molecular formula is C18H20O. The predicted octanol–water partition coefficient (Wildman–Crippen LogP) is 3.97. The third-order valence-corrected chi connectivity index (χ3v) is 3.49. The number of ketones is 1. The lowest BCUT2D eigenvalue weighted by molar-refractivity contribution is -0.117. The van der Waals surface area contributed by atoms with E-state index >= 15 is 0 Å². The van der Waals surface area contributed by atoms with E-state index in [-0.39, 0.29) is 5.78 Å². The molecule has 0 saturated heterocycles. The molecule has 0 unspecified atom stereocenters. The molecule has 0 spiro atoms. The van der Waals surface area contributed by atoms with E-state index in [1.165, 1.54) is 16.7 Å². The van der Waals surface area contributed by atoms with E-state index in [1.54, 1.807) is 0 Å². The van der Waals surface area contributed by atoms with Gasteiger partial charge in [0.15, 0.2) is 0 Å². The first-order valence-electron chi connectivity index (χ1n) is 6.68. The summed E-state index contributed by atoms with van der Waals surface area (Å²) in [6, 6.07) is 14.4. The van der Waals surface area contributed by atoms with Crippen LogP contribution in [-0.4, -0.2) is 5.78 Å². The quantitative estimate of drug-likeness (QED) is 0.804. The molecular weight excluding hydrogens is 232 g/mol. The summed E-state index contributed by atoms with van der Waals surface area (Å²) < 4.78 is 0. The molecule has 0 fully saturated rings. The fourth-order valence-corrected chi connectivity index (χ4v) is 2.14. The van der Waals surface area contributed by atoms with Crippen molar-refractivity contribution in [3.63, 3.8) is 0 Å². The summed E-state index contributed by atoms with van der Waals surface area (Å²) in [5, 5.41) is 0. The number of hydrogen-bond acceptors (Lipinski definition) is 1. The van der Waals surface area contributed by atoms with Crippen LogP contribution in [0.5, 0.6) is 0 Å². The van der Waals surface area contributed by atoms with Crippen LogP contribution < -0.4 is 0 Å². The molecule has 0 bridgehead atoms. The average molecular weight is 252 g/mol. The number of rotatable bonds is 4. The van der Waals surface area contributed by atoms with Crippen LogP contribution in [-0.2, 0) is 17.6 Å². The van der Waals surface area contributed by atoms with E-state index in [0.717, 1.165) is 11.1 Å². The first-order valence-corrected chi connectivity index (χ1v) is 6.68. The summed E-state index contributed by atoms with van der Waals surface area (Å²) in [5.74, 6) is 0.270. The Balaban J connectivity index is 2.01.